The quantitative estimate of drug-likeness (QED) is 0.233. The molecule has 222 valence electrons. The highest BCUT2D eigenvalue weighted by Crippen LogP contribution is 2.56. The van der Waals surface area contributed by atoms with Crippen LogP contribution >= 0.6 is 8.24 Å². The maximum atomic E-state index is 6.86. The summed E-state index contributed by atoms with van der Waals surface area (Å²) in [6.45, 7) is 32.3. The van der Waals surface area contributed by atoms with Crippen molar-refractivity contribution in [2.45, 2.75) is 151 Å². The van der Waals surface area contributed by atoms with Crippen molar-refractivity contribution in [3.8, 4) is 5.75 Å². The zero-order chi connectivity index (χ0) is 30.0. The van der Waals surface area contributed by atoms with E-state index in [0.717, 1.165) is 23.3 Å². The molecule has 0 fully saturated rings. The average molecular weight is 567 g/mol. The van der Waals surface area contributed by atoms with Gasteiger partial charge < -0.3 is 12.9 Å². The summed E-state index contributed by atoms with van der Waals surface area (Å²) in [4.78, 5) is 0. The van der Waals surface area contributed by atoms with E-state index >= 15 is 0 Å². The summed E-state index contributed by atoms with van der Waals surface area (Å²) in [5, 5.41) is 2.44. The summed E-state index contributed by atoms with van der Waals surface area (Å²) < 4.78 is 20.5. The summed E-state index contributed by atoms with van der Waals surface area (Å²) in [7, 11) is -1.60. The normalized spacial score (nSPS) is 15.3. The Morgan fingerprint density at radius 2 is 1.32 bits per heavy atom. The van der Waals surface area contributed by atoms with Crippen molar-refractivity contribution in [2.24, 2.45) is 5.92 Å². The van der Waals surface area contributed by atoms with Gasteiger partial charge in [-0.1, -0.05) is 129 Å². The average Bonchev–Trinajstić information content (AvgIpc) is 2.87. The second-order valence-electron chi connectivity index (χ2n) is 16.3. The highest BCUT2D eigenvalue weighted by atomic mass is 31.1. The summed E-state index contributed by atoms with van der Waals surface area (Å²) in [6.07, 6.45) is 5.93. The Labute approximate surface area is 245 Å². The van der Waals surface area contributed by atoms with Gasteiger partial charge in [0.1, 0.15) is 11.3 Å². The molecule has 2 atom stereocenters. The van der Waals surface area contributed by atoms with Gasteiger partial charge in [0.25, 0.3) is 0 Å². The van der Waals surface area contributed by atoms with Gasteiger partial charge in [-0.15, -0.1) is 0 Å². The van der Waals surface area contributed by atoms with Crippen LogP contribution in [0.25, 0.3) is 21.9 Å². The lowest BCUT2D eigenvalue weighted by Crippen LogP contribution is -2.23. The number of rotatable bonds is 6. The van der Waals surface area contributed by atoms with E-state index in [0.29, 0.717) is 5.92 Å². The fraction of sp³-hybridized carbons (Fsp3) is 0.667. The Morgan fingerprint density at radius 3 is 1.82 bits per heavy atom. The van der Waals surface area contributed by atoms with Gasteiger partial charge >= 0.3 is 8.24 Å². The van der Waals surface area contributed by atoms with Gasteiger partial charge in [0.2, 0.25) is 0 Å². The van der Waals surface area contributed by atoms with Crippen LogP contribution in [0.1, 0.15) is 150 Å². The van der Waals surface area contributed by atoms with Crippen molar-refractivity contribution in [1.29, 1.82) is 0 Å². The highest BCUT2D eigenvalue weighted by Gasteiger charge is 2.39. The molecule has 2 unspecified atom stereocenters. The Kier molecular flexibility index (Phi) is 8.12. The molecule has 3 aromatic rings. The topological polar surface area (TPSA) is 35.5 Å². The summed E-state index contributed by atoms with van der Waals surface area (Å²) >= 11 is 0. The van der Waals surface area contributed by atoms with Crippen LogP contribution in [-0.4, -0.2) is 0 Å². The Hall–Kier alpha value is -1.86. The number of fused-ring (bicyclic) bond motifs is 4. The summed E-state index contributed by atoms with van der Waals surface area (Å²) in [5.74, 6) is 1.62. The van der Waals surface area contributed by atoms with E-state index in [2.05, 4.69) is 109 Å². The molecule has 3 nitrogen and oxygen atoms in total. The van der Waals surface area contributed by atoms with Crippen LogP contribution in [0.3, 0.4) is 0 Å². The van der Waals surface area contributed by atoms with Crippen molar-refractivity contribution < 1.29 is 12.9 Å². The number of benzene rings is 2. The smallest absolute Gasteiger partial charge is 0.390 e. The lowest BCUT2D eigenvalue weighted by Gasteiger charge is -2.34. The summed E-state index contributed by atoms with van der Waals surface area (Å²) in [5.41, 5.74) is 8.09. The fourth-order valence-electron chi connectivity index (χ4n) is 6.31. The Balaban J connectivity index is 2.35. The van der Waals surface area contributed by atoms with E-state index in [1.165, 1.54) is 64.3 Å². The molecule has 1 aliphatic rings. The SMILES string of the molecule is CCCCC(CC)Cc1c(C(C)(C)C)c2c(C(C)(C)C)c3op(oc4c(C(C)(C)C)cc(C(C)(C)C)cc4c13)O2. The van der Waals surface area contributed by atoms with Crippen LogP contribution in [0, 0.1) is 5.92 Å². The van der Waals surface area contributed by atoms with Gasteiger partial charge in [0, 0.05) is 27.5 Å². The number of unbranched alkanes of at least 4 members (excludes halogenated alkanes) is 1. The molecule has 1 aliphatic heterocycles. The van der Waals surface area contributed by atoms with Crippen LogP contribution in [0.2, 0.25) is 0 Å². The minimum absolute atomic E-state index is 0.00331. The van der Waals surface area contributed by atoms with Crippen molar-refractivity contribution >= 4 is 30.2 Å². The maximum Gasteiger partial charge on any atom is 0.453 e. The van der Waals surface area contributed by atoms with Crippen LogP contribution < -0.4 is 4.52 Å². The van der Waals surface area contributed by atoms with Gasteiger partial charge in [-0.2, -0.15) is 0 Å². The first-order valence-corrected chi connectivity index (χ1v) is 16.7. The minimum atomic E-state index is -1.60. The van der Waals surface area contributed by atoms with E-state index in [9.17, 15) is 0 Å². The van der Waals surface area contributed by atoms with Gasteiger partial charge in [0.05, 0.1) is 0 Å². The standard InChI is InChI=1S/C36H55O3P/c1-15-17-18-22(16-2)19-24-27-25-20-23(33(3,4)5)21-26(34(6,7)8)30(25)37-40-38-31(27)29(36(12,13)14)32(39-40)28(24)35(9,10)11/h20-22H,15-19H2,1-14H3. The molecule has 2 heterocycles. The monoisotopic (exact) mass is 566 g/mol. The molecule has 0 radical (unpaired) electrons. The molecule has 0 amide bonds. The van der Waals surface area contributed by atoms with Gasteiger partial charge in [-0.3, -0.25) is 0 Å². The molecule has 4 rings (SSSR count). The van der Waals surface area contributed by atoms with E-state index in [-0.39, 0.29) is 21.7 Å². The Morgan fingerprint density at radius 1 is 0.725 bits per heavy atom. The Bertz CT molecular complexity index is 1450. The van der Waals surface area contributed by atoms with Crippen molar-refractivity contribution in [1.82, 2.24) is 0 Å². The molecule has 1 aromatic heterocycles. The number of hydrogen-bond donors (Lipinski definition) is 0. The van der Waals surface area contributed by atoms with E-state index in [1.54, 1.807) is 0 Å². The molecular formula is C36H55O3P. The van der Waals surface area contributed by atoms with Crippen molar-refractivity contribution in [3.05, 3.63) is 39.9 Å². The predicted molar refractivity (Wildman–Crippen MR) is 174 cm³/mol. The predicted octanol–water partition coefficient (Wildman–Crippen LogP) is 12.4. The lowest BCUT2D eigenvalue weighted by atomic mass is 9.73. The van der Waals surface area contributed by atoms with Crippen LogP contribution in [0.4, 0.5) is 0 Å². The first kappa shape index (κ1) is 31.1. The van der Waals surface area contributed by atoms with E-state index in [4.69, 9.17) is 12.9 Å². The molecule has 4 heteroatoms. The molecule has 0 spiro atoms. The lowest BCUT2D eigenvalue weighted by molar-refractivity contribution is 0.424. The largest absolute Gasteiger partial charge is 0.453 e. The zero-order valence-corrected chi connectivity index (χ0v) is 28.8. The second-order valence-corrected chi connectivity index (χ2v) is 17.3. The minimum Gasteiger partial charge on any atom is -0.390 e. The fourth-order valence-corrected chi connectivity index (χ4v) is 7.43. The van der Waals surface area contributed by atoms with Crippen molar-refractivity contribution in [3.63, 3.8) is 0 Å². The van der Waals surface area contributed by atoms with E-state index in [1.807, 2.05) is 0 Å². The molecule has 3 bridgehead atoms. The molecular weight excluding hydrogens is 511 g/mol. The molecule has 0 aliphatic carbocycles. The van der Waals surface area contributed by atoms with Crippen LogP contribution in [0.15, 0.2) is 20.5 Å². The van der Waals surface area contributed by atoms with Gasteiger partial charge in [0.15, 0.2) is 5.58 Å². The van der Waals surface area contributed by atoms with Crippen LogP contribution in [0.5, 0.6) is 5.75 Å². The second kappa shape index (κ2) is 10.4. The third-order valence-corrected chi connectivity index (χ3v) is 9.57. The molecule has 40 heavy (non-hydrogen) atoms. The summed E-state index contributed by atoms with van der Waals surface area (Å²) in [6, 6.07) is 4.78. The molecule has 2 aromatic carbocycles. The maximum absolute atomic E-state index is 6.86. The third-order valence-electron chi connectivity index (χ3n) is 8.58. The van der Waals surface area contributed by atoms with Gasteiger partial charge in [-0.25, -0.2) is 0 Å². The van der Waals surface area contributed by atoms with Crippen molar-refractivity contribution in [2.75, 3.05) is 0 Å². The van der Waals surface area contributed by atoms with E-state index < -0.39 is 8.24 Å². The molecule has 0 saturated heterocycles. The highest BCUT2D eigenvalue weighted by molar-refractivity contribution is 7.32. The first-order valence-electron chi connectivity index (χ1n) is 15.6. The van der Waals surface area contributed by atoms with Crippen LogP contribution in [-0.2, 0) is 28.1 Å². The third kappa shape index (κ3) is 5.74. The molecule has 0 saturated carbocycles. The number of hydrogen-bond acceptors (Lipinski definition) is 3. The van der Waals surface area contributed by atoms with Gasteiger partial charge in [-0.05, 0) is 51.2 Å². The molecule has 0 N–H and O–H groups in total. The first-order chi connectivity index (χ1) is 18.3. The zero-order valence-electron chi connectivity index (χ0n) is 27.9.